The fourth-order valence-corrected chi connectivity index (χ4v) is 4.78. The summed E-state index contributed by atoms with van der Waals surface area (Å²) in [7, 11) is 1.38. The molecule has 0 fully saturated rings. The Morgan fingerprint density at radius 1 is 1.06 bits per heavy atom. The second kappa shape index (κ2) is 8.46. The number of anilines is 1. The highest BCUT2D eigenvalue weighted by Gasteiger charge is 2.37. The number of aryl methyl sites for hydroxylation is 1. The Balaban J connectivity index is 1.33. The molecule has 4 nitrogen and oxygen atoms in total. The van der Waals surface area contributed by atoms with Gasteiger partial charge in [0, 0.05) is 17.8 Å². The molecular formula is C28H26N2O2. The molecule has 2 aliphatic rings. The largest absolute Gasteiger partial charge is 0.465 e. The molecule has 0 amide bonds. The minimum atomic E-state index is -0.335. The second-order valence-corrected chi connectivity index (χ2v) is 8.53. The molecule has 1 aliphatic heterocycles. The van der Waals surface area contributed by atoms with Crippen LogP contribution in [-0.4, -0.2) is 19.3 Å². The molecule has 1 aliphatic carbocycles. The summed E-state index contributed by atoms with van der Waals surface area (Å²) in [5.41, 5.74) is 7.62. The molecule has 0 radical (unpaired) electrons. The van der Waals surface area contributed by atoms with Gasteiger partial charge in [-0.05, 0) is 66.3 Å². The maximum Gasteiger partial charge on any atom is 0.337 e. The van der Waals surface area contributed by atoms with Crippen molar-refractivity contribution in [3.63, 3.8) is 0 Å². The fourth-order valence-electron chi connectivity index (χ4n) is 4.78. The smallest absolute Gasteiger partial charge is 0.337 e. The molecule has 0 bridgehead atoms. The van der Waals surface area contributed by atoms with Crippen LogP contribution in [0, 0.1) is 12.8 Å². The molecule has 3 atom stereocenters. The zero-order valence-corrected chi connectivity index (χ0v) is 18.3. The number of hydrogen-bond donors (Lipinski definition) is 1. The number of hydrogen-bond acceptors (Lipinski definition) is 4. The van der Waals surface area contributed by atoms with E-state index in [0.29, 0.717) is 17.4 Å². The summed E-state index contributed by atoms with van der Waals surface area (Å²) >= 11 is 0. The van der Waals surface area contributed by atoms with Crippen LogP contribution in [0.2, 0.25) is 0 Å². The third kappa shape index (κ3) is 3.84. The van der Waals surface area contributed by atoms with Crippen LogP contribution < -0.4 is 5.32 Å². The van der Waals surface area contributed by atoms with E-state index in [1.165, 1.54) is 29.5 Å². The summed E-state index contributed by atoms with van der Waals surface area (Å²) in [4.78, 5) is 16.1. The zero-order chi connectivity index (χ0) is 22.1. The summed E-state index contributed by atoms with van der Waals surface area (Å²) in [6.45, 7) is 2.16. The van der Waals surface area contributed by atoms with Crippen molar-refractivity contribution in [3.05, 3.63) is 107 Å². The van der Waals surface area contributed by atoms with Crippen LogP contribution in [-0.2, 0) is 4.74 Å². The normalized spacial score (nSPS) is 21.1. The van der Waals surface area contributed by atoms with Crippen molar-refractivity contribution in [1.82, 2.24) is 0 Å². The Bertz CT molecular complexity index is 1190. The van der Waals surface area contributed by atoms with E-state index in [1.54, 1.807) is 12.1 Å². The van der Waals surface area contributed by atoms with Gasteiger partial charge in [-0.1, -0.05) is 54.1 Å². The van der Waals surface area contributed by atoms with E-state index in [4.69, 9.17) is 4.74 Å². The van der Waals surface area contributed by atoms with Crippen LogP contribution in [0.4, 0.5) is 11.4 Å². The average molecular weight is 423 g/mol. The summed E-state index contributed by atoms with van der Waals surface area (Å²) in [6.07, 6.45) is 7.61. The molecule has 1 N–H and O–H groups in total. The van der Waals surface area contributed by atoms with E-state index in [-0.39, 0.29) is 12.0 Å². The molecule has 5 rings (SSSR count). The predicted molar refractivity (Wildman–Crippen MR) is 129 cm³/mol. The highest BCUT2D eigenvalue weighted by Crippen LogP contribution is 2.50. The first-order chi connectivity index (χ1) is 15.6. The number of carbonyl (C=O) groups is 1. The lowest BCUT2D eigenvalue weighted by Crippen LogP contribution is -2.29. The van der Waals surface area contributed by atoms with Gasteiger partial charge in [-0.3, -0.25) is 4.99 Å². The molecule has 3 aromatic carbocycles. The summed E-state index contributed by atoms with van der Waals surface area (Å²) in [6, 6.07) is 22.7. The summed E-state index contributed by atoms with van der Waals surface area (Å²) in [5, 5.41) is 3.79. The van der Waals surface area contributed by atoms with Crippen molar-refractivity contribution in [2.24, 2.45) is 10.9 Å². The van der Waals surface area contributed by atoms with Crippen molar-refractivity contribution in [1.29, 1.82) is 0 Å². The van der Waals surface area contributed by atoms with Crippen molar-refractivity contribution in [2.75, 3.05) is 12.4 Å². The molecule has 160 valence electrons. The SMILES string of the molecule is COC(=O)c1ccc(C=Nc2ccc([C@@H]3Nc4ccc(C)cc4[C@@H]4C=CC[C@H]43)cc2)cc1. The lowest BCUT2D eigenvalue weighted by molar-refractivity contribution is 0.0600. The number of benzene rings is 3. The fraction of sp³-hybridized carbons (Fsp3) is 0.214. The summed E-state index contributed by atoms with van der Waals surface area (Å²) in [5.74, 6) is 0.673. The van der Waals surface area contributed by atoms with Gasteiger partial charge >= 0.3 is 5.97 Å². The lowest BCUT2D eigenvalue weighted by Gasteiger charge is -2.37. The monoisotopic (exact) mass is 422 g/mol. The molecule has 1 heterocycles. The topological polar surface area (TPSA) is 50.7 Å². The number of esters is 1. The van der Waals surface area contributed by atoms with Gasteiger partial charge < -0.3 is 10.1 Å². The number of methoxy groups -OCH3 is 1. The highest BCUT2D eigenvalue weighted by atomic mass is 16.5. The predicted octanol–water partition coefficient (Wildman–Crippen LogP) is 6.36. The van der Waals surface area contributed by atoms with E-state index in [1.807, 2.05) is 18.3 Å². The van der Waals surface area contributed by atoms with Crippen LogP contribution in [0.25, 0.3) is 0 Å². The highest BCUT2D eigenvalue weighted by molar-refractivity contribution is 5.91. The van der Waals surface area contributed by atoms with Crippen molar-refractivity contribution >= 4 is 23.6 Å². The number of allylic oxidation sites excluding steroid dienone is 2. The Hall–Kier alpha value is -3.66. The molecule has 0 unspecified atom stereocenters. The number of carbonyl (C=O) groups excluding carboxylic acids is 1. The van der Waals surface area contributed by atoms with Gasteiger partial charge in [0.25, 0.3) is 0 Å². The van der Waals surface area contributed by atoms with E-state index in [9.17, 15) is 4.79 Å². The minimum Gasteiger partial charge on any atom is -0.465 e. The summed E-state index contributed by atoms with van der Waals surface area (Å²) < 4.78 is 4.74. The molecule has 32 heavy (non-hydrogen) atoms. The standard InChI is InChI=1S/C28H26N2O2/c1-18-6-15-26-25(16-18)23-4-3-5-24(23)27(30-26)20-11-13-22(14-12-20)29-17-19-7-9-21(10-8-19)28(31)32-2/h3-4,6-17,23-24,27,30H,5H2,1-2H3/t23-,24-,27+/m1/s1. The van der Waals surface area contributed by atoms with E-state index >= 15 is 0 Å². The molecule has 0 saturated heterocycles. The van der Waals surface area contributed by atoms with Crippen LogP contribution in [0.5, 0.6) is 0 Å². The number of fused-ring (bicyclic) bond motifs is 3. The molecule has 0 spiro atoms. The number of ether oxygens (including phenoxy) is 1. The first kappa shape index (κ1) is 20.3. The van der Waals surface area contributed by atoms with Gasteiger partial charge in [-0.25, -0.2) is 4.79 Å². The maximum absolute atomic E-state index is 11.6. The molecule has 0 saturated carbocycles. The van der Waals surface area contributed by atoms with E-state index in [0.717, 1.165) is 17.7 Å². The van der Waals surface area contributed by atoms with Crippen molar-refractivity contribution in [2.45, 2.75) is 25.3 Å². The molecule has 3 aromatic rings. The van der Waals surface area contributed by atoms with Crippen LogP contribution in [0.1, 0.15) is 51.0 Å². The van der Waals surface area contributed by atoms with Crippen LogP contribution in [0.15, 0.2) is 83.9 Å². The van der Waals surface area contributed by atoms with E-state index < -0.39 is 0 Å². The first-order valence-electron chi connectivity index (χ1n) is 11.0. The van der Waals surface area contributed by atoms with Gasteiger partial charge in [0.15, 0.2) is 0 Å². The molecule has 0 aromatic heterocycles. The molecular weight excluding hydrogens is 396 g/mol. The Labute approximate surface area is 188 Å². The molecule has 4 heteroatoms. The van der Waals surface area contributed by atoms with Gasteiger partial charge in [-0.2, -0.15) is 0 Å². The number of nitrogens with one attached hydrogen (secondary N) is 1. The van der Waals surface area contributed by atoms with Gasteiger partial charge in [0.2, 0.25) is 0 Å². The Kier molecular flexibility index (Phi) is 5.36. The Morgan fingerprint density at radius 3 is 2.59 bits per heavy atom. The minimum absolute atomic E-state index is 0.286. The van der Waals surface area contributed by atoms with Gasteiger partial charge in [0.1, 0.15) is 0 Å². The van der Waals surface area contributed by atoms with Gasteiger partial charge in [0.05, 0.1) is 24.4 Å². The van der Waals surface area contributed by atoms with Crippen molar-refractivity contribution < 1.29 is 9.53 Å². The van der Waals surface area contributed by atoms with E-state index in [2.05, 4.69) is 71.8 Å². The van der Waals surface area contributed by atoms with Crippen molar-refractivity contribution in [3.8, 4) is 0 Å². The third-order valence-electron chi connectivity index (χ3n) is 6.46. The first-order valence-corrected chi connectivity index (χ1v) is 11.0. The maximum atomic E-state index is 11.6. The zero-order valence-electron chi connectivity index (χ0n) is 18.3. The third-order valence-corrected chi connectivity index (χ3v) is 6.46. The number of aliphatic imine (C=N–C) groups is 1. The van der Waals surface area contributed by atoms with Crippen LogP contribution in [0.3, 0.4) is 0 Å². The number of rotatable bonds is 4. The van der Waals surface area contributed by atoms with Gasteiger partial charge in [-0.15, -0.1) is 0 Å². The lowest BCUT2D eigenvalue weighted by atomic mass is 9.76. The average Bonchev–Trinajstić information content (AvgIpc) is 3.33. The second-order valence-electron chi connectivity index (χ2n) is 8.53. The Morgan fingerprint density at radius 2 is 1.84 bits per heavy atom. The van der Waals surface area contributed by atoms with Crippen LogP contribution >= 0.6 is 0 Å². The number of nitrogens with zero attached hydrogens (tertiary/aromatic N) is 1. The quantitative estimate of drug-likeness (QED) is 0.302.